The minimum Gasteiger partial charge on any atom is -0.480 e. The standard InChI is InChI=1S/C36H40ClN7O5/c1-38-35(47)29(10-6-9-22-7-4-3-5-8-22)42-34(46)28-21-43(33(45)13-23-15-39-30-14-25(37)11-12-26(23)30)18-24-19-44(20-27(24)28)36(48)31-16-41-32(49-2)17-40-31/h3-5,7-8,11-12,14-17,24,27-29,39H,6,9-10,13,18-21H2,1-2H3,(H,38,47)(H,42,46)/t24?,27?,28?,29-/m0/s1. The number of aromatic amines is 1. The van der Waals surface area contributed by atoms with Gasteiger partial charge in [0.25, 0.3) is 5.91 Å². The molecule has 2 aromatic heterocycles. The van der Waals surface area contributed by atoms with Gasteiger partial charge in [-0.1, -0.05) is 48.0 Å². The molecule has 6 rings (SSSR count). The number of hydrogen-bond acceptors (Lipinski definition) is 7. The third-order valence-corrected chi connectivity index (χ3v) is 9.90. The van der Waals surface area contributed by atoms with Crippen LogP contribution in [0.15, 0.2) is 67.1 Å². The average molecular weight is 686 g/mol. The number of carbonyl (C=O) groups excluding carboxylic acids is 4. The van der Waals surface area contributed by atoms with E-state index in [2.05, 4.69) is 25.6 Å². The Morgan fingerprint density at radius 2 is 1.82 bits per heavy atom. The first-order valence-corrected chi connectivity index (χ1v) is 16.9. The third-order valence-electron chi connectivity index (χ3n) is 9.67. The molecule has 3 N–H and O–H groups in total. The van der Waals surface area contributed by atoms with E-state index in [1.54, 1.807) is 22.9 Å². The molecule has 12 nitrogen and oxygen atoms in total. The number of H-pyrrole nitrogens is 1. The van der Waals surface area contributed by atoms with Crippen molar-refractivity contribution in [3.63, 3.8) is 0 Å². The summed E-state index contributed by atoms with van der Waals surface area (Å²) in [5.41, 5.74) is 3.00. The number of nitrogens with one attached hydrogen (secondary N) is 3. The van der Waals surface area contributed by atoms with E-state index in [-0.39, 0.29) is 54.1 Å². The number of fused-ring (bicyclic) bond motifs is 2. The molecule has 2 aliphatic heterocycles. The minimum atomic E-state index is -0.738. The Bertz CT molecular complexity index is 1820. The second-order valence-electron chi connectivity index (χ2n) is 12.7. The van der Waals surface area contributed by atoms with Gasteiger partial charge < -0.3 is 30.2 Å². The van der Waals surface area contributed by atoms with Crippen molar-refractivity contribution in [3.8, 4) is 5.88 Å². The fourth-order valence-electron chi connectivity index (χ4n) is 7.07. The summed E-state index contributed by atoms with van der Waals surface area (Å²) in [6.07, 6.45) is 6.64. The molecule has 2 fully saturated rings. The third kappa shape index (κ3) is 7.69. The molecule has 4 heterocycles. The van der Waals surface area contributed by atoms with Crippen molar-refractivity contribution in [2.75, 3.05) is 40.3 Å². The second-order valence-corrected chi connectivity index (χ2v) is 13.2. The van der Waals surface area contributed by atoms with Gasteiger partial charge in [-0.2, -0.15) is 0 Å². The summed E-state index contributed by atoms with van der Waals surface area (Å²) in [5.74, 6) is -1.71. The van der Waals surface area contributed by atoms with Crippen molar-refractivity contribution in [2.45, 2.75) is 31.7 Å². The summed E-state index contributed by atoms with van der Waals surface area (Å²) < 4.78 is 5.08. The lowest BCUT2D eigenvalue weighted by Crippen LogP contribution is -2.56. The summed E-state index contributed by atoms with van der Waals surface area (Å²) in [4.78, 5) is 69.4. The maximum atomic E-state index is 14.1. The van der Waals surface area contributed by atoms with E-state index >= 15 is 0 Å². The molecule has 4 amide bonds. The van der Waals surface area contributed by atoms with Crippen LogP contribution in [0.25, 0.3) is 10.9 Å². The molecular weight excluding hydrogens is 646 g/mol. The number of carbonyl (C=O) groups is 4. The lowest BCUT2D eigenvalue weighted by molar-refractivity contribution is -0.140. The number of nitrogens with zero attached hydrogens (tertiary/aromatic N) is 4. The molecule has 0 bridgehead atoms. The van der Waals surface area contributed by atoms with Crippen LogP contribution in [-0.4, -0.2) is 94.8 Å². The number of likely N-dealkylation sites (tertiary alicyclic amines) is 2. The Balaban J connectivity index is 1.20. The molecule has 4 atom stereocenters. The van der Waals surface area contributed by atoms with Crippen LogP contribution >= 0.6 is 11.6 Å². The monoisotopic (exact) mass is 685 g/mol. The summed E-state index contributed by atoms with van der Waals surface area (Å²) in [6.45, 7) is 1.25. The van der Waals surface area contributed by atoms with Crippen LogP contribution in [0.2, 0.25) is 5.02 Å². The maximum absolute atomic E-state index is 14.1. The lowest BCUT2D eigenvalue weighted by atomic mass is 9.79. The fraction of sp³-hybridized carbons (Fsp3) is 0.389. The highest BCUT2D eigenvalue weighted by Gasteiger charge is 2.48. The second kappa shape index (κ2) is 15.1. The number of likely N-dealkylation sites (N-methyl/N-ethyl adjacent to an activating group) is 1. The molecule has 0 spiro atoms. The van der Waals surface area contributed by atoms with E-state index in [1.807, 2.05) is 48.7 Å². The van der Waals surface area contributed by atoms with E-state index < -0.39 is 12.0 Å². The largest absolute Gasteiger partial charge is 0.480 e. The van der Waals surface area contributed by atoms with Crippen LogP contribution in [0.5, 0.6) is 5.88 Å². The molecule has 256 valence electrons. The topological polar surface area (TPSA) is 150 Å². The minimum absolute atomic E-state index is 0.122. The number of piperidine rings is 1. The van der Waals surface area contributed by atoms with Crippen molar-refractivity contribution < 1.29 is 23.9 Å². The highest BCUT2D eigenvalue weighted by atomic mass is 35.5. The first-order chi connectivity index (χ1) is 23.7. The Hall–Kier alpha value is -4.97. The highest BCUT2D eigenvalue weighted by Crippen LogP contribution is 2.37. The van der Waals surface area contributed by atoms with Crippen molar-refractivity contribution in [1.82, 2.24) is 35.4 Å². The number of amides is 4. The van der Waals surface area contributed by atoms with E-state index in [0.717, 1.165) is 28.5 Å². The van der Waals surface area contributed by atoms with Gasteiger partial charge in [0.1, 0.15) is 11.7 Å². The molecule has 4 aromatic rings. The molecule has 0 saturated carbocycles. The van der Waals surface area contributed by atoms with Crippen LogP contribution in [0, 0.1) is 17.8 Å². The summed E-state index contributed by atoms with van der Waals surface area (Å²) in [5, 5.41) is 7.20. The number of halogens is 1. The average Bonchev–Trinajstić information content (AvgIpc) is 3.74. The Kier molecular flexibility index (Phi) is 10.4. The maximum Gasteiger partial charge on any atom is 0.274 e. The first kappa shape index (κ1) is 33.9. The number of ether oxygens (including phenoxy) is 1. The number of benzene rings is 2. The van der Waals surface area contributed by atoms with Crippen LogP contribution in [0.1, 0.15) is 34.5 Å². The van der Waals surface area contributed by atoms with E-state index in [4.69, 9.17) is 16.3 Å². The molecule has 3 unspecified atom stereocenters. The van der Waals surface area contributed by atoms with Gasteiger partial charge in [-0.05, 0) is 54.4 Å². The van der Waals surface area contributed by atoms with Gasteiger partial charge >= 0.3 is 0 Å². The summed E-state index contributed by atoms with van der Waals surface area (Å²) in [7, 11) is 3.03. The van der Waals surface area contributed by atoms with Crippen molar-refractivity contribution in [2.24, 2.45) is 17.8 Å². The smallest absolute Gasteiger partial charge is 0.274 e. The molecule has 0 radical (unpaired) electrons. The number of hydrogen-bond donors (Lipinski definition) is 3. The predicted molar refractivity (Wildman–Crippen MR) is 184 cm³/mol. The number of rotatable bonds is 11. The zero-order valence-corrected chi connectivity index (χ0v) is 28.3. The Labute approximate surface area is 289 Å². The molecule has 13 heteroatoms. The lowest BCUT2D eigenvalue weighted by Gasteiger charge is -2.40. The number of methoxy groups -OCH3 is 1. The normalized spacial score (nSPS) is 19.3. The van der Waals surface area contributed by atoms with Gasteiger partial charge in [-0.3, -0.25) is 19.2 Å². The van der Waals surface area contributed by atoms with Gasteiger partial charge in [0.2, 0.25) is 23.6 Å². The van der Waals surface area contributed by atoms with Crippen molar-refractivity contribution >= 4 is 46.1 Å². The highest BCUT2D eigenvalue weighted by molar-refractivity contribution is 6.31. The van der Waals surface area contributed by atoms with Crippen LogP contribution in [0.4, 0.5) is 0 Å². The Morgan fingerprint density at radius 1 is 1.02 bits per heavy atom. The quantitative estimate of drug-likeness (QED) is 0.219. The number of aromatic nitrogens is 3. The van der Waals surface area contributed by atoms with E-state index in [0.29, 0.717) is 43.4 Å². The first-order valence-electron chi connectivity index (χ1n) is 16.5. The fourth-order valence-corrected chi connectivity index (χ4v) is 7.25. The Morgan fingerprint density at radius 3 is 2.55 bits per heavy atom. The van der Waals surface area contributed by atoms with Crippen LogP contribution in [0.3, 0.4) is 0 Å². The van der Waals surface area contributed by atoms with E-state index in [9.17, 15) is 19.2 Å². The summed E-state index contributed by atoms with van der Waals surface area (Å²) in [6, 6.07) is 14.7. The van der Waals surface area contributed by atoms with Gasteiger partial charge in [0.15, 0.2) is 0 Å². The van der Waals surface area contributed by atoms with Crippen LogP contribution < -0.4 is 15.4 Å². The zero-order valence-electron chi connectivity index (χ0n) is 27.5. The summed E-state index contributed by atoms with van der Waals surface area (Å²) >= 11 is 6.16. The zero-order chi connectivity index (χ0) is 34.5. The molecule has 49 heavy (non-hydrogen) atoms. The molecule has 2 aromatic carbocycles. The SMILES string of the molecule is CNC(=O)[C@H](CCCc1ccccc1)NC(=O)C1CN(C(=O)Cc2c[nH]c3cc(Cl)ccc23)CC2CN(C(=O)c3cnc(OC)cn3)CC21. The number of aryl methyl sites for hydroxylation is 1. The van der Waals surface area contributed by atoms with Gasteiger partial charge in [-0.15, -0.1) is 0 Å². The van der Waals surface area contributed by atoms with E-state index in [1.165, 1.54) is 19.5 Å². The molecule has 2 aliphatic rings. The van der Waals surface area contributed by atoms with Gasteiger partial charge in [0, 0.05) is 55.3 Å². The molecule has 0 aliphatic carbocycles. The van der Waals surface area contributed by atoms with Crippen molar-refractivity contribution in [3.05, 3.63) is 89.0 Å². The van der Waals surface area contributed by atoms with Crippen LogP contribution in [-0.2, 0) is 27.2 Å². The molecular formula is C36H40ClN7O5. The van der Waals surface area contributed by atoms with Gasteiger partial charge in [0.05, 0.1) is 31.8 Å². The van der Waals surface area contributed by atoms with Crippen molar-refractivity contribution in [1.29, 1.82) is 0 Å². The molecule has 2 saturated heterocycles. The predicted octanol–water partition coefficient (Wildman–Crippen LogP) is 3.26. The van der Waals surface area contributed by atoms with Gasteiger partial charge in [-0.25, -0.2) is 9.97 Å².